The van der Waals surface area contributed by atoms with Crippen molar-refractivity contribution in [3.05, 3.63) is 65.2 Å². The third-order valence-electron chi connectivity index (χ3n) is 3.87. The molecule has 0 aliphatic carbocycles. The van der Waals surface area contributed by atoms with Gasteiger partial charge < -0.3 is 13.7 Å². The summed E-state index contributed by atoms with van der Waals surface area (Å²) in [5, 5.41) is 3.64. The van der Waals surface area contributed by atoms with Crippen molar-refractivity contribution < 1.29 is 26.9 Å². The lowest BCUT2D eigenvalue weighted by Gasteiger charge is -2.09. The first-order valence-corrected chi connectivity index (χ1v) is 11.0. The minimum absolute atomic E-state index is 0.178. The van der Waals surface area contributed by atoms with Crippen LogP contribution in [0, 0.1) is 6.92 Å². The summed E-state index contributed by atoms with van der Waals surface area (Å²) in [5.41, 5.74) is 1.20. The molecule has 29 heavy (non-hydrogen) atoms. The first kappa shape index (κ1) is 21.2. The van der Waals surface area contributed by atoms with Crippen LogP contribution >= 0.6 is 11.8 Å². The van der Waals surface area contributed by atoms with E-state index < -0.39 is 16.0 Å². The summed E-state index contributed by atoms with van der Waals surface area (Å²) in [7, 11) is -0.859. The van der Waals surface area contributed by atoms with Crippen molar-refractivity contribution >= 4 is 27.8 Å². The van der Waals surface area contributed by atoms with Crippen molar-refractivity contribution in [2.45, 2.75) is 29.3 Å². The van der Waals surface area contributed by atoms with Crippen LogP contribution in [0.3, 0.4) is 0 Å². The fourth-order valence-electron chi connectivity index (χ4n) is 2.36. The highest BCUT2D eigenvalue weighted by Gasteiger charge is 2.22. The zero-order valence-electron chi connectivity index (χ0n) is 16.1. The van der Waals surface area contributed by atoms with Crippen molar-refractivity contribution in [2.75, 3.05) is 14.1 Å². The standard InChI is InChI=1S/C19H20N2O6S2/c1-13-10-15(27-20-13)12-28-17-7-5-4-6-16(17)19(22)25-11-14-8-9-18(26-14)29(23,24)21(2)3/h4-10H,11-12H2,1-3H3. The Labute approximate surface area is 172 Å². The van der Waals surface area contributed by atoms with Crippen LogP contribution in [0.2, 0.25) is 0 Å². The van der Waals surface area contributed by atoms with Gasteiger partial charge in [0.15, 0.2) is 0 Å². The van der Waals surface area contributed by atoms with Crippen molar-refractivity contribution in [3.8, 4) is 0 Å². The Morgan fingerprint density at radius 2 is 1.93 bits per heavy atom. The number of rotatable bonds is 8. The molecular weight excluding hydrogens is 416 g/mol. The molecule has 0 atom stereocenters. The van der Waals surface area contributed by atoms with Crippen LogP contribution in [0.15, 0.2) is 61.4 Å². The molecule has 2 aromatic heterocycles. The summed E-state index contributed by atoms with van der Waals surface area (Å²) in [6.45, 7) is 1.66. The second-order valence-electron chi connectivity index (χ2n) is 6.30. The Balaban J connectivity index is 1.65. The fourth-order valence-corrected chi connectivity index (χ4v) is 4.09. The Bertz CT molecular complexity index is 1100. The van der Waals surface area contributed by atoms with E-state index in [4.69, 9.17) is 13.7 Å². The van der Waals surface area contributed by atoms with Crippen LogP contribution in [0.25, 0.3) is 0 Å². The minimum atomic E-state index is -3.68. The van der Waals surface area contributed by atoms with Crippen molar-refractivity contribution in [2.24, 2.45) is 0 Å². The quantitative estimate of drug-likeness (QED) is 0.391. The monoisotopic (exact) mass is 436 g/mol. The van der Waals surface area contributed by atoms with Crippen molar-refractivity contribution in [1.82, 2.24) is 9.46 Å². The van der Waals surface area contributed by atoms with Gasteiger partial charge in [-0.1, -0.05) is 17.3 Å². The topological polar surface area (TPSA) is 103 Å². The molecule has 0 fully saturated rings. The van der Waals surface area contributed by atoms with E-state index in [2.05, 4.69) is 5.16 Å². The predicted octanol–water partition coefficient (Wildman–Crippen LogP) is 3.48. The summed E-state index contributed by atoms with van der Waals surface area (Å²) in [6, 6.07) is 11.7. The van der Waals surface area contributed by atoms with Gasteiger partial charge in [0.1, 0.15) is 18.1 Å². The van der Waals surface area contributed by atoms with Gasteiger partial charge in [0, 0.05) is 25.1 Å². The van der Waals surface area contributed by atoms with Crippen LogP contribution in [-0.4, -0.2) is 37.9 Å². The number of nitrogens with zero attached hydrogens (tertiary/aromatic N) is 2. The maximum atomic E-state index is 12.5. The highest BCUT2D eigenvalue weighted by molar-refractivity contribution is 7.98. The number of benzene rings is 1. The second-order valence-corrected chi connectivity index (χ2v) is 9.40. The van der Waals surface area contributed by atoms with Gasteiger partial charge in [-0.2, -0.15) is 0 Å². The van der Waals surface area contributed by atoms with Gasteiger partial charge in [-0.05, 0) is 31.2 Å². The van der Waals surface area contributed by atoms with Crippen LogP contribution in [0.5, 0.6) is 0 Å². The molecule has 0 aliphatic rings. The number of sulfonamides is 1. The molecule has 3 rings (SSSR count). The number of aromatic nitrogens is 1. The van der Waals surface area contributed by atoms with E-state index in [-0.39, 0.29) is 17.5 Å². The van der Waals surface area contributed by atoms with Crippen LogP contribution in [0.4, 0.5) is 0 Å². The van der Waals surface area contributed by atoms with Gasteiger partial charge in [-0.25, -0.2) is 17.5 Å². The number of carbonyl (C=O) groups is 1. The molecule has 2 heterocycles. The van der Waals surface area contributed by atoms with Gasteiger partial charge in [0.25, 0.3) is 10.0 Å². The van der Waals surface area contributed by atoms with Crippen LogP contribution in [0.1, 0.15) is 27.6 Å². The van der Waals surface area contributed by atoms with Gasteiger partial charge in [-0.3, -0.25) is 0 Å². The number of thioether (sulfide) groups is 1. The number of ether oxygens (including phenoxy) is 1. The first-order chi connectivity index (χ1) is 13.8. The molecule has 0 N–H and O–H groups in total. The lowest BCUT2D eigenvalue weighted by Crippen LogP contribution is -2.21. The number of furan rings is 1. The van der Waals surface area contributed by atoms with Crippen LogP contribution < -0.4 is 0 Å². The van der Waals surface area contributed by atoms with E-state index in [1.807, 2.05) is 25.1 Å². The van der Waals surface area contributed by atoms with Crippen molar-refractivity contribution in [1.29, 1.82) is 0 Å². The number of aryl methyl sites for hydroxylation is 1. The molecule has 8 nitrogen and oxygen atoms in total. The molecular formula is C19H20N2O6S2. The molecule has 0 saturated heterocycles. The lowest BCUT2D eigenvalue weighted by molar-refractivity contribution is 0.0436. The zero-order valence-corrected chi connectivity index (χ0v) is 17.7. The lowest BCUT2D eigenvalue weighted by atomic mass is 10.2. The predicted molar refractivity (Wildman–Crippen MR) is 106 cm³/mol. The van der Waals surface area contributed by atoms with E-state index >= 15 is 0 Å². The third kappa shape index (κ3) is 5.08. The average Bonchev–Trinajstić information content (AvgIpc) is 3.34. The molecule has 0 bridgehead atoms. The molecule has 0 radical (unpaired) electrons. The van der Waals surface area contributed by atoms with Crippen molar-refractivity contribution in [3.63, 3.8) is 0 Å². The third-order valence-corrected chi connectivity index (χ3v) is 6.66. The Kier molecular flexibility index (Phi) is 6.46. The Morgan fingerprint density at radius 1 is 1.17 bits per heavy atom. The normalized spacial score (nSPS) is 11.7. The van der Waals surface area contributed by atoms with Crippen LogP contribution in [-0.2, 0) is 27.1 Å². The molecule has 3 aromatic rings. The van der Waals surface area contributed by atoms with E-state index in [0.29, 0.717) is 17.1 Å². The Morgan fingerprint density at radius 3 is 2.62 bits per heavy atom. The number of hydrogen-bond donors (Lipinski definition) is 0. The second kappa shape index (κ2) is 8.85. The highest BCUT2D eigenvalue weighted by Crippen LogP contribution is 2.27. The number of esters is 1. The molecule has 0 saturated carbocycles. The molecule has 154 valence electrons. The zero-order chi connectivity index (χ0) is 21.0. The Hall–Kier alpha value is -2.56. The summed E-state index contributed by atoms with van der Waals surface area (Å²) in [6.07, 6.45) is 0. The summed E-state index contributed by atoms with van der Waals surface area (Å²) >= 11 is 1.43. The maximum absolute atomic E-state index is 12.5. The maximum Gasteiger partial charge on any atom is 0.339 e. The molecule has 0 aliphatic heterocycles. The molecule has 0 amide bonds. The summed E-state index contributed by atoms with van der Waals surface area (Å²) in [5.74, 6) is 0.937. The van der Waals surface area contributed by atoms with Gasteiger partial charge in [0.05, 0.1) is 17.0 Å². The fraction of sp³-hybridized carbons (Fsp3) is 0.263. The smallest absolute Gasteiger partial charge is 0.339 e. The van der Waals surface area contributed by atoms with Gasteiger partial charge in [0.2, 0.25) is 5.09 Å². The van der Waals surface area contributed by atoms with Gasteiger partial charge >= 0.3 is 5.97 Å². The molecule has 0 spiro atoms. The number of carbonyl (C=O) groups excluding carboxylic acids is 1. The van der Waals surface area contributed by atoms with E-state index in [0.717, 1.165) is 14.9 Å². The molecule has 1 aromatic carbocycles. The molecule has 0 unspecified atom stereocenters. The van der Waals surface area contributed by atoms with E-state index in [1.165, 1.54) is 38.0 Å². The largest absolute Gasteiger partial charge is 0.454 e. The van der Waals surface area contributed by atoms with E-state index in [9.17, 15) is 13.2 Å². The molecule has 10 heteroatoms. The summed E-state index contributed by atoms with van der Waals surface area (Å²) < 4.78 is 40.9. The number of hydrogen-bond acceptors (Lipinski definition) is 8. The first-order valence-electron chi connectivity index (χ1n) is 8.60. The SMILES string of the molecule is Cc1cc(CSc2ccccc2C(=O)OCc2ccc(S(=O)(=O)N(C)C)o2)on1. The van der Waals surface area contributed by atoms with Gasteiger partial charge in [-0.15, -0.1) is 11.8 Å². The minimum Gasteiger partial charge on any atom is -0.454 e. The summed E-state index contributed by atoms with van der Waals surface area (Å²) in [4.78, 5) is 13.3. The van der Waals surface area contributed by atoms with E-state index in [1.54, 1.807) is 12.1 Å². The highest BCUT2D eigenvalue weighted by atomic mass is 32.2. The average molecular weight is 437 g/mol.